The van der Waals surface area contributed by atoms with Crippen LogP contribution < -0.4 is 10.6 Å². The number of aromatic nitrogens is 3. The van der Waals surface area contributed by atoms with E-state index in [0.29, 0.717) is 25.2 Å². The molecule has 8 heteroatoms. The number of fused-ring (bicyclic) bond motifs is 1. The van der Waals surface area contributed by atoms with Crippen molar-refractivity contribution in [2.75, 3.05) is 13.1 Å². The van der Waals surface area contributed by atoms with Crippen LogP contribution in [0.1, 0.15) is 33.9 Å². The Hall–Kier alpha value is -2.48. The topological polar surface area (TPSA) is 91.6 Å². The van der Waals surface area contributed by atoms with E-state index in [1.54, 1.807) is 10.6 Å². The fraction of sp³-hybridized carbons (Fsp3) is 0.350. The van der Waals surface area contributed by atoms with Crippen LogP contribution in [-0.4, -0.2) is 44.8 Å². The number of halogens is 1. The summed E-state index contributed by atoms with van der Waals surface area (Å²) in [7, 11) is 0. The van der Waals surface area contributed by atoms with E-state index in [0.717, 1.165) is 17.0 Å². The lowest BCUT2D eigenvalue weighted by Crippen LogP contribution is -2.61. The predicted octanol–water partition coefficient (Wildman–Crippen LogP) is 1.75. The molecule has 0 aliphatic carbocycles. The number of nitrogens with zero attached hydrogens (tertiary/aromatic N) is 3. The molecule has 1 aromatic carbocycles. The van der Waals surface area contributed by atoms with Crippen molar-refractivity contribution in [2.45, 2.75) is 31.9 Å². The lowest BCUT2D eigenvalue weighted by atomic mass is 9.79. The van der Waals surface area contributed by atoms with Crippen LogP contribution in [0.25, 0.3) is 5.65 Å². The molecule has 0 spiro atoms. The Kier molecular flexibility index (Phi) is 5.69. The van der Waals surface area contributed by atoms with E-state index in [-0.39, 0.29) is 24.0 Å². The van der Waals surface area contributed by atoms with Gasteiger partial charge in [-0.1, -0.05) is 30.3 Å². The second-order valence-corrected chi connectivity index (χ2v) is 7.10. The zero-order chi connectivity index (χ0) is 19.0. The van der Waals surface area contributed by atoms with Gasteiger partial charge in [0.1, 0.15) is 0 Å². The van der Waals surface area contributed by atoms with E-state index in [1.165, 1.54) is 0 Å². The van der Waals surface area contributed by atoms with Crippen LogP contribution in [0.4, 0.5) is 0 Å². The average Bonchev–Trinajstić information content (AvgIpc) is 3.09. The Bertz CT molecular complexity index is 991. The number of amides is 1. The van der Waals surface area contributed by atoms with Crippen molar-refractivity contribution in [1.29, 1.82) is 0 Å². The molecule has 3 heterocycles. The van der Waals surface area contributed by atoms with E-state index < -0.39 is 11.6 Å². The number of benzene rings is 1. The van der Waals surface area contributed by atoms with Gasteiger partial charge in [0.2, 0.25) is 0 Å². The van der Waals surface area contributed by atoms with Gasteiger partial charge in [-0.2, -0.15) is 5.10 Å². The summed E-state index contributed by atoms with van der Waals surface area (Å²) >= 11 is 0. The molecule has 148 valence electrons. The Morgan fingerprint density at radius 1 is 1.29 bits per heavy atom. The third kappa shape index (κ3) is 3.48. The van der Waals surface area contributed by atoms with E-state index in [9.17, 15) is 9.90 Å². The highest BCUT2D eigenvalue weighted by molar-refractivity contribution is 5.94. The molecular formula is C20H24ClN5O2. The molecule has 4 rings (SSSR count). The molecule has 3 aromatic rings. The number of aryl methyl sites for hydroxylation is 2. The van der Waals surface area contributed by atoms with E-state index in [2.05, 4.69) is 20.7 Å². The smallest absolute Gasteiger partial charge is 0.272 e. The summed E-state index contributed by atoms with van der Waals surface area (Å²) in [5.41, 5.74) is 2.76. The normalized spacial score (nSPS) is 21.9. The monoisotopic (exact) mass is 401 g/mol. The van der Waals surface area contributed by atoms with Crippen molar-refractivity contribution in [3.8, 4) is 0 Å². The van der Waals surface area contributed by atoms with E-state index in [4.69, 9.17) is 0 Å². The molecule has 2 atom stereocenters. The Morgan fingerprint density at radius 3 is 2.75 bits per heavy atom. The van der Waals surface area contributed by atoms with Crippen LogP contribution in [0.5, 0.6) is 0 Å². The van der Waals surface area contributed by atoms with Gasteiger partial charge >= 0.3 is 0 Å². The third-order valence-electron chi connectivity index (χ3n) is 5.19. The van der Waals surface area contributed by atoms with Gasteiger partial charge in [-0.05, 0) is 38.4 Å². The summed E-state index contributed by atoms with van der Waals surface area (Å²) in [6.45, 7) is 4.96. The maximum absolute atomic E-state index is 13.1. The highest BCUT2D eigenvalue weighted by Crippen LogP contribution is 2.31. The average molecular weight is 402 g/mol. The number of carbonyl (C=O) groups is 1. The van der Waals surface area contributed by atoms with Crippen LogP contribution in [0.2, 0.25) is 0 Å². The number of hydrogen-bond donors (Lipinski definition) is 3. The van der Waals surface area contributed by atoms with Crippen LogP contribution in [0.3, 0.4) is 0 Å². The van der Waals surface area contributed by atoms with Crippen molar-refractivity contribution in [3.05, 3.63) is 65.1 Å². The summed E-state index contributed by atoms with van der Waals surface area (Å²) in [5.74, 6) is -0.317. The van der Waals surface area contributed by atoms with E-state index in [1.807, 2.05) is 50.2 Å². The Morgan fingerprint density at radius 2 is 2.04 bits per heavy atom. The molecule has 1 fully saturated rings. The SMILES string of the molecule is Cc1cc(C)n2nc(C(=O)N[C@]3(c4ccccc4)CCNC[C@H]3O)cc2n1.Cl. The minimum atomic E-state index is -0.849. The number of nitrogens with one attached hydrogen (secondary N) is 2. The van der Waals surface area contributed by atoms with Crippen molar-refractivity contribution in [1.82, 2.24) is 25.2 Å². The van der Waals surface area contributed by atoms with Crippen molar-refractivity contribution < 1.29 is 9.90 Å². The van der Waals surface area contributed by atoms with Crippen molar-refractivity contribution in [2.24, 2.45) is 0 Å². The first-order chi connectivity index (χ1) is 13.0. The van der Waals surface area contributed by atoms with Crippen LogP contribution in [0.15, 0.2) is 42.5 Å². The van der Waals surface area contributed by atoms with Crippen LogP contribution in [0, 0.1) is 13.8 Å². The van der Waals surface area contributed by atoms with Gasteiger partial charge in [-0.25, -0.2) is 9.50 Å². The number of hydrogen-bond acceptors (Lipinski definition) is 5. The Labute approximate surface area is 169 Å². The van der Waals surface area contributed by atoms with Gasteiger partial charge in [0, 0.05) is 24.0 Å². The fourth-order valence-corrected chi connectivity index (χ4v) is 3.82. The standard InChI is InChI=1S/C20H23N5O2.ClH/c1-13-10-14(2)25-18(22-13)11-16(24-25)19(27)23-20(8-9-21-12-17(20)26)15-6-4-3-5-7-15;/h3-7,10-11,17,21,26H,8-9,12H2,1-2H3,(H,23,27);1H/t17-,20+;/m1./s1. The van der Waals surface area contributed by atoms with Gasteiger partial charge in [-0.3, -0.25) is 4.79 Å². The zero-order valence-electron chi connectivity index (χ0n) is 15.8. The first kappa shape index (κ1) is 20.3. The first-order valence-corrected chi connectivity index (χ1v) is 9.10. The quantitative estimate of drug-likeness (QED) is 0.622. The van der Waals surface area contributed by atoms with Crippen LogP contribution in [-0.2, 0) is 5.54 Å². The maximum Gasteiger partial charge on any atom is 0.272 e. The maximum atomic E-state index is 13.1. The minimum Gasteiger partial charge on any atom is -0.389 e. The summed E-state index contributed by atoms with van der Waals surface area (Å²) in [6.07, 6.45) is -0.148. The van der Waals surface area contributed by atoms with Gasteiger partial charge in [-0.15, -0.1) is 12.4 Å². The predicted molar refractivity (Wildman–Crippen MR) is 109 cm³/mol. The fourth-order valence-electron chi connectivity index (χ4n) is 3.82. The molecule has 28 heavy (non-hydrogen) atoms. The first-order valence-electron chi connectivity index (χ1n) is 9.10. The second-order valence-electron chi connectivity index (χ2n) is 7.10. The van der Waals surface area contributed by atoms with Gasteiger partial charge in [0.15, 0.2) is 11.3 Å². The number of piperidine rings is 1. The molecule has 1 aliphatic rings. The summed E-state index contributed by atoms with van der Waals surface area (Å²) in [5, 5.41) is 21.4. The number of β-amino-alcohol motifs (C(OH)–C–C–N with tert-alkyl or cyclic N) is 1. The summed E-state index contributed by atoms with van der Waals surface area (Å²) < 4.78 is 1.66. The lowest BCUT2D eigenvalue weighted by Gasteiger charge is -2.42. The third-order valence-corrected chi connectivity index (χ3v) is 5.19. The molecule has 0 radical (unpaired) electrons. The number of aliphatic hydroxyl groups excluding tert-OH is 1. The van der Waals surface area contributed by atoms with Gasteiger partial charge in [0.25, 0.3) is 5.91 Å². The molecule has 1 saturated heterocycles. The van der Waals surface area contributed by atoms with Crippen molar-refractivity contribution in [3.63, 3.8) is 0 Å². The van der Waals surface area contributed by atoms with Crippen molar-refractivity contribution >= 4 is 24.0 Å². The number of rotatable bonds is 3. The second kappa shape index (κ2) is 7.87. The largest absolute Gasteiger partial charge is 0.389 e. The lowest BCUT2D eigenvalue weighted by molar-refractivity contribution is 0.0288. The minimum absolute atomic E-state index is 0. The van der Waals surface area contributed by atoms with Gasteiger partial charge < -0.3 is 15.7 Å². The molecule has 1 amide bonds. The van der Waals surface area contributed by atoms with Gasteiger partial charge in [0.05, 0.1) is 11.6 Å². The summed E-state index contributed by atoms with van der Waals surface area (Å²) in [4.78, 5) is 17.5. The van der Waals surface area contributed by atoms with Crippen LogP contribution >= 0.6 is 12.4 Å². The molecule has 2 aromatic heterocycles. The number of carbonyl (C=O) groups excluding carboxylic acids is 1. The zero-order valence-corrected chi connectivity index (χ0v) is 16.7. The highest BCUT2D eigenvalue weighted by atomic mass is 35.5. The Balaban J connectivity index is 0.00000225. The van der Waals surface area contributed by atoms with E-state index >= 15 is 0 Å². The summed E-state index contributed by atoms with van der Waals surface area (Å²) in [6, 6.07) is 13.2. The molecular weight excluding hydrogens is 378 g/mol. The molecule has 0 bridgehead atoms. The molecule has 0 saturated carbocycles. The molecule has 0 unspecified atom stereocenters. The number of aliphatic hydroxyl groups is 1. The molecule has 3 N–H and O–H groups in total. The molecule has 1 aliphatic heterocycles. The highest BCUT2D eigenvalue weighted by Gasteiger charge is 2.43. The molecule has 7 nitrogen and oxygen atoms in total.